The molecule has 2 aromatic rings. The molecule has 0 saturated heterocycles. The standard InChI is InChI=1S/C7H4F4IN.C7H5F4N/c8-5-2-3(12)1-4(6(5)13)7(9,10)11;8-5-3-1-2-4(6(5)12)7(9,10)11/h1-2H,13H2;1-3H,12H2. The van der Waals surface area contributed by atoms with Gasteiger partial charge in [0, 0.05) is 3.57 Å². The number of hydrogen-bond donors (Lipinski definition) is 2. The van der Waals surface area contributed by atoms with Crippen LogP contribution in [0.25, 0.3) is 0 Å². The maximum atomic E-state index is 12.7. The Morgan fingerprint density at radius 2 is 1.20 bits per heavy atom. The number of para-hydroxylation sites is 1. The number of anilines is 2. The number of alkyl halides is 6. The van der Waals surface area contributed by atoms with E-state index < -0.39 is 46.5 Å². The van der Waals surface area contributed by atoms with Gasteiger partial charge in [-0.25, -0.2) is 8.78 Å². The molecule has 2 rings (SSSR count). The zero-order valence-electron chi connectivity index (χ0n) is 11.9. The van der Waals surface area contributed by atoms with Gasteiger partial charge in [0.05, 0.1) is 22.5 Å². The van der Waals surface area contributed by atoms with E-state index >= 15 is 0 Å². The summed E-state index contributed by atoms with van der Waals surface area (Å²) in [6.07, 6.45) is -9.20. The van der Waals surface area contributed by atoms with E-state index in [9.17, 15) is 35.1 Å². The third-order valence-electron chi connectivity index (χ3n) is 2.76. The van der Waals surface area contributed by atoms with Crippen molar-refractivity contribution in [2.75, 3.05) is 11.5 Å². The summed E-state index contributed by atoms with van der Waals surface area (Å²) in [5.41, 5.74) is 5.84. The Morgan fingerprint density at radius 1 is 0.720 bits per heavy atom. The predicted molar refractivity (Wildman–Crippen MR) is 84.3 cm³/mol. The SMILES string of the molecule is Nc1c(F)cc(I)cc1C(F)(F)F.Nc1c(F)cccc1C(F)(F)F. The smallest absolute Gasteiger partial charge is 0.396 e. The highest BCUT2D eigenvalue weighted by molar-refractivity contribution is 14.1. The zero-order chi connectivity index (χ0) is 19.6. The minimum absolute atomic E-state index is 0.164. The minimum atomic E-state index is -4.61. The van der Waals surface area contributed by atoms with Crippen molar-refractivity contribution in [2.24, 2.45) is 0 Å². The van der Waals surface area contributed by atoms with Crippen molar-refractivity contribution in [1.82, 2.24) is 0 Å². The lowest BCUT2D eigenvalue weighted by Crippen LogP contribution is -2.10. The first-order valence-corrected chi connectivity index (χ1v) is 7.26. The van der Waals surface area contributed by atoms with Crippen molar-refractivity contribution in [1.29, 1.82) is 0 Å². The lowest BCUT2D eigenvalue weighted by Gasteiger charge is -2.10. The molecule has 0 aromatic heterocycles. The van der Waals surface area contributed by atoms with Gasteiger partial charge >= 0.3 is 12.4 Å². The van der Waals surface area contributed by atoms with Crippen LogP contribution in [0.1, 0.15) is 11.1 Å². The molecule has 0 bridgehead atoms. The van der Waals surface area contributed by atoms with Gasteiger partial charge in [0.15, 0.2) is 0 Å². The number of benzene rings is 2. The first-order valence-electron chi connectivity index (χ1n) is 6.18. The molecule has 0 atom stereocenters. The topological polar surface area (TPSA) is 52.0 Å². The fraction of sp³-hybridized carbons (Fsp3) is 0.143. The van der Waals surface area contributed by atoms with Crippen LogP contribution in [0.3, 0.4) is 0 Å². The average Bonchev–Trinajstić information content (AvgIpc) is 2.44. The van der Waals surface area contributed by atoms with E-state index in [1.54, 1.807) is 22.6 Å². The van der Waals surface area contributed by atoms with Crippen LogP contribution in [0.15, 0.2) is 30.3 Å². The highest BCUT2D eigenvalue weighted by atomic mass is 127. The molecule has 138 valence electrons. The van der Waals surface area contributed by atoms with E-state index in [1.165, 1.54) is 0 Å². The Kier molecular flexibility index (Phi) is 6.48. The molecule has 0 radical (unpaired) electrons. The van der Waals surface area contributed by atoms with Gasteiger partial charge in [-0.05, 0) is 46.9 Å². The summed E-state index contributed by atoms with van der Waals surface area (Å²) in [4.78, 5) is 0. The maximum Gasteiger partial charge on any atom is 0.418 e. The van der Waals surface area contributed by atoms with Crippen LogP contribution in [0.5, 0.6) is 0 Å². The zero-order valence-corrected chi connectivity index (χ0v) is 14.1. The Bertz CT molecular complexity index is 756. The molecule has 11 heteroatoms. The number of halogens is 9. The van der Waals surface area contributed by atoms with Crippen LogP contribution < -0.4 is 11.5 Å². The van der Waals surface area contributed by atoms with Crippen molar-refractivity contribution in [3.63, 3.8) is 0 Å². The molecule has 0 spiro atoms. The first-order chi connectivity index (χ1) is 11.2. The molecule has 0 heterocycles. The summed E-state index contributed by atoms with van der Waals surface area (Å²) >= 11 is 1.59. The van der Waals surface area contributed by atoms with Crippen LogP contribution in [0, 0.1) is 15.2 Å². The van der Waals surface area contributed by atoms with Gasteiger partial charge in [0.2, 0.25) is 0 Å². The number of hydrogen-bond acceptors (Lipinski definition) is 2. The Balaban J connectivity index is 0.000000251. The fourth-order valence-electron chi connectivity index (χ4n) is 1.60. The Morgan fingerprint density at radius 3 is 1.64 bits per heavy atom. The van der Waals surface area contributed by atoms with Gasteiger partial charge in [-0.1, -0.05) is 6.07 Å². The van der Waals surface area contributed by atoms with Crippen LogP contribution in [0.4, 0.5) is 46.5 Å². The molecule has 25 heavy (non-hydrogen) atoms. The number of nitrogen functional groups attached to an aromatic ring is 2. The normalized spacial score (nSPS) is 11.7. The molecule has 2 aromatic carbocycles. The summed E-state index contributed by atoms with van der Waals surface area (Å²) in [5, 5.41) is 0. The average molecular weight is 484 g/mol. The van der Waals surface area contributed by atoms with Gasteiger partial charge in [-0.2, -0.15) is 26.3 Å². The first kappa shape index (κ1) is 21.3. The molecule has 4 N–H and O–H groups in total. The second-order valence-corrected chi connectivity index (χ2v) is 5.79. The maximum absolute atomic E-state index is 12.7. The largest absolute Gasteiger partial charge is 0.418 e. The second kappa shape index (κ2) is 7.62. The van der Waals surface area contributed by atoms with Gasteiger partial charge in [-0.3, -0.25) is 0 Å². The van der Waals surface area contributed by atoms with E-state index in [0.717, 1.165) is 30.3 Å². The molecule has 0 unspecified atom stereocenters. The van der Waals surface area contributed by atoms with Crippen LogP contribution in [0.2, 0.25) is 0 Å². The third kappa shape index (κ3) is 5.61. The molecular formula is C14H9F8IN2. The van der Waals surface area contributed by atoms with Crippen molar-refractivity contribution in [3.05, 3.63) is 56.7 Å². The lowest BCUT2D eigenvalue weighted by molar-refractivity contribution is -0.137. The summed E-state index contributed by atoms with van der Waals surface area (Å²) in [5.74, 6) is -2.09. The molecular weight excluding hydrogens is 475 g/mol. The van der Waals surface area contributed by atoms with Gasteiger partial charge < -0.3 is 11.5 Å². The molecule has 0 aliphatic carbocycles. The van der Waals surface area contributed by atoms with Crippen LogP contribution >= 0.6 is 22.6 Å². The number of nitrogens with two attached hydrogens (primary N) is 2. The van der Waals surface area contributed by atoms with Gasteiger partial charge in [0.1, 0.15) is 11.6 Å². The molecule has 2 nitrogen and oxygen atoms in total. The summed E-state index contributed by atoms with van der Waals surface area (Å²) in [6, 6.07) is 4.33. The van der Waals surface area contributed by atoms with Gasteiger partial charge in [-0.15, -0.1) is 0 Å². The van der Waals surface area contributed by atoms with E-state index in [0.29, 0.717) is 0 Å². The predicted octanol–water partition coefficient (Wildman–Crippen LogP) is 5.46. The third-order valence-corrected chi connectivity index (χ3v) is 3.38. The lowest BCUT2D eigenvalue weighted by atomic mass is 10.1. The molecule has 0 aliphatic heterocycles. The van der Waals surface area contributed by atoms with Crippen molar-refractivity contribution in [3.8, 4) is 0 Å². The van der Waals surface area contributed by atoms with E-state index in [4.69, 9.17) is 11.5 Å². The van der Waals surface area contributed by atoms with Crippen molar-refractivity contribution < 1.29 is 35.1 Å². The van der Waals surface area contributed by atoms with Crippen molar-refractivity contribution in [2.45, 2.75) is 12.4 Å². The fourth-order valence-corrected chi connectivity index (χ4v) is 2.19. The minimum Gasteiger partial charge on any atom is -0.396 e. The van der Waals surface area contributed by atoms with Crippen LogP contribution in [-0.2, 0) is 12.4 Å². The second-order valence-electron chi connectivity index (χ2n) is 4.55. The van der Waals surface area contributed by atoms with Crippen LogP contribution in [-0.4, -0.2) is 0 Å². The molecule has 0 fully saturated rings. The van der Waals surface area contributed by atoms with Gasteiger partial charge in [0.25, 0.3) is 0 Å². The molecule has 0 saturated carbocycles. The highest BCUT2D eigenvalue weighted by Crippen LogP contribution is 2.36. The molecule has 0 amide bonds. The Labute approximate surface area is 149 Å². The summed E-state index contributed by atoms with van der Waals surface area (Å²) in [7, 11) is 0. The van der Waals surface area contributed by atoms with E-state index in [-0.39, 0.29) is 3.57 Å². The van der Waals surface area contributed by atoms with E-state index in [2.05, 4.69) is 0 Å². The summed E-state index contributed by atoms with van der Waals surface area (Å²) < 4.78 is 97.8. The monoisotopic (exact) mass is 484 g/mol. The van der Waals surface area contributed by atoms with E-state index in [1.807, 2.05) is 0 Å². The summed E-state index contributed by atoms with van der Waals surface area (Å²) in [6.45, 7) is 0. The molecule has 0 aliphatic rings. The highest BCUT2D eigenvalue weighted by Gasteiger charge is 2.34. The number of rotatable bonds is 0. The quantitative estimate of drug-likeness (QED) is 0.297. The Hall–Kier alpha value is -1.79. The van der Waals surface area contributed by atoms with Crippen molar-refractivity contribution >= 4 is 34.0 Å².